The van der Waals surface area contributed by atoms with Crippen molar-refractivity contribution in [2.75, 3.05) is 31.6 Å². The number of nitrogens with one attached hydrogen (secondary N) is 2. The van der Waals surface area contributed by atoms with Crippen LogP contribution in [0.1, 0.15) is 39.9 Å². The number of hydrogen-bond acceptors (Lipinski definition) is 6. The van der Waals surface area contributed by atoms with Crippen molar-refractivity contribution < 1.29 is 23.5 Å². The molecule has 2 saturated heterocycles. The highest BCUT2D eigenvalue weighted by Crippen LogP contribution is 2.36. The summed E-state index contributed by atoms with van der Waals surface area (Å²) < 4.78 is 21.0. The fraction of sp³-hybridized carbons (Fsp3) is 0.400. The Labute approximate surface area is 225 Å². The van der Waals surface area contributed by atoms with Gasteiger partial charge in [-0.15, -0.1) is 0 Å². The molecular formula is C25H31B4FN4O4. The number of nitrogens with zero attached hydrogens (tertiary/aromatic N) is 2. The summed E-state index contributed by atoms with van der Waals surface area (Å²) in [6.45, 7) is 4.39. The zero-order chi connectivity index (χ0) is 27.2. The molecule has 3 heterocycles. The van der Waals surface area contributed by atoms with Crippen LogP contribution in [0.3, 0.4) is 0 Å². The van der Waals surface area contributed by atoms with Gasteiger partial charge in [0.15, 0.2) is 0 Å². The monoisotopic (exact) mass is 514 g/mol. The molecule has 194 valence electrons. The normalized spacial score (nSPS) is 21.9. The summed E-state index contributed by atoms with van der Waals surface area (Å²) in [5, 5.41) is 5.76. The molecule has 3 aliphatic rings. The van der Waals surface area contributed by atoms with Crippen LogP contribution in [0.4, 0.5) is 10.1 Å². The number of amides is 3. The lowest BCUT2D eigenvalue weighted by Crippen LogP contribution is -2.63. The molecule has 3 aliphatic heterocycles. The second kappa shape index (κ2) is 10.3. The van der Waals surface area contributed by atoms with Crippen LogP contribution in [-0.2, 0) is 34.0 Å². The molecule has 1 atom stereocenters. The number of rotatable bonds is 6. The first-order valence-electron chi connectivity index (χ1n) is 13.2. The topological polar surface area (TPSA) is 91.0 Å². The maximum absolute atomic E-state index is 15.5. The molecule has 5 rings (SSSR count). The number of halogens is 1. The molecule has 0 spiro atoms. The van der Waals surface area contributed by atoms with Gasteiger partial charge in [0.1, 0.15) is 37.2 Å². The third-order valence-corrected chi connectivity index (χ3v) is 8.60. The molecule has 13 heteroatoms. The third kappa shape index (κ3) is 4.56. The van der Waals surface area contributed by atoms with Crippen molar-refractivity contribution in [3.8, 4) is 0 Å². The first kappa shape index (κ1) is 26.6. The van der Waals surface area contributed by atoms with Crippen molar-refractivity contribution in [1.29, 1.82) is 0 Å². The molecular weight excluding hydrogens is 483 g/mol. The number of morpholine rings is 1. The van der Waals surface area contributed by atoms with Gasteiger partial charge < -0.3 is 15.0 Å². The van der Waals surface area contributed by atoms with E-state index in [0.717, 1.165) is 47.4 Å². The van der Waals surface area contributed by atoms with Crippen molar-refractivity contribution >= 4 is 71.2 Å². The van der Waals surface area contributed by atoms with Crippen LogP contribution in [0, 0.1) is 5.82 Å². The SMILES string of the molecule is Bc1c(B)c(CN2CCOCC2)c(B)c(CNc2cccc3c2CN(C2(B)CCC(=O)NC2=O)C3=O)c1F. The van der Waals surface area contributed by atoms with E-state index < -0.39 is 11.3 Å². The smallest absolute Gasteiger partial charge is 0.254 e. The number of anilines is 1. The van der Waals surface area contributed by atoms with Crippen LogP contribution >= 0.6 is 0 Å². The van der Waals surface area contributed by atoms with Gasteiger partial charge >= 0.3 is 0 Å². The lowest BCUT2D eigenvalue weighted by atomic mass is 9.70. The lowest BCUT2D eigenvalue weighted by molar-refractivity contribution is -0.138. The summed E-state index contributed by atoms with van der Waals surface area (Å²) in [7, 11) is 7.49. The molecule has 0 bridgehead atoms. The van der Waals surface area contributed by atoms with Gasteiger partial charge in [0.05, 0.1) is 18.7 Å². The third-order valence-electron chi connectivity index (χ3n) is 8.60. The molecule has 0 aromatic heterocycles. The first-order valence-corrected chi connectivity index (χ1v) is 13.2. The van der Waals surface area contributed by atoms with E-state index >= 15 is 4.39 Å². The van der Waals surface area contributed by atoms with Gasteiger partial charge in [-0.2, -0.15) is 0 Å². The summed E-state index contributed by atoms with van der Waals surface area (Å²) in [4.78, 5) is 41.7. The highest BCUT2D eigenvalue weighted by molar-refractivity contribution is 6.51. The maximum atomic E-state index is 15.5. The standard InChI is InChI=1S/C25H31B4FN4O4/c26-19-14(22(30)21(28)20(27)16(19)11-33-6-8-38-9-7-33)10-31-17-3-1-2-13-15(17)12-34(23(13)36)25(29)5-4-18(35)32-24(25)37/h1-3,31H,4-12,26-29H2,(H,32,35,37). The molecule has 0 radical (unpaired) electrons. The fourth-order valence-corrected chi connectivity index (χ4v) is 5.81. The Bertz CT molecular complexity index is 1340. The molecule has 1 unspecified atom stereocenters. The highest BCUT2D eigenvalue weighted by Gasteiger charge is 2.48. The van der Waals surface area contributed by atoms with Crippen molar-refractivity contribution in [2.24, 2.45) is 0 Å². The molecule has 2 N–H and O–H groups in total. The minimum absolute atomic E-state index is 0.186. The van der Waals surface area contributed by atoms with Gasteiger partial charge in [-0.1, -0.05) is 22.5 Å². The molecule has 0 aliphatic carbocycles. The Morgan fingerprint density at radius 3 is 2.50 bits per heavy atom. The van der Waals surface area contributed by atoms with E-state index in [1.807, 2.05) is 29.6 Å². The molecule has 0 saturated carbocycles. The van der Waals surface area contributed by atoms with Crippen molar-refractivity contribution in [2.45, 2.75) is 37.9 Å². The Balaban J connectivity index is 1.40. The summed E-state index contributed by atoms with van der Waals surface area (Å²) in [5.74, 6) is -1.22. The van der Waals surface area contributed by atoms with E-state index in [1.165, 1.54) is 0 Å². The predicted molar refractivity (Wildman–Crippen MR) is 154 cm³/mol. The number of piperidine rings is 1. The van der Waals surface area contributed by atoms with Gasteiger partial charge in [-0.25, -0.2) is 4.39 Å². The van der Waals surface area contributed by atoms with Gasteiger partial charge in [-0.05, 0) is 24.1 Å². The Morgan fingerprint density at radius 2 is 1.79 bits per heavy atom. The van der Waals surface area contributed by atoms with E-state index in [9.17, 15) is 14.4 Å². The Morgan fingerprint density at radius 1 is 1.05 bits per heavy atom. The number of hydrogen-bond donors (Lipinski definition) is 2. The quantitative estimate of drug-likeness (QED) is 0.301. The van der Waals surface area contributed by atoms with Crippen molar-refractivity contribution in [1.82, 2.24) is 15.1 Å². The van der Waals surface area contributed by atoms with Crippen molar-refractivity contribution in [3.05, 3.63) is 46.3 Å². The summed E-state index contributed by atoms with van der Waals surface area (Å²) in [6.07, 6.45) is 0.463. The van der Waals surface area contributed by atoms with E-state index in [2.05, 4.69) is 15.5 Å². The van der Waals surface area contributed by atoms with E-state index in [1.54, 1.807) is 24.9 Å². The predicted octanol–water partition coefficient (Wildman–Crippen LogP) is -4.23. The second-order valence-electron chi connectivity index (χ2n) is 10.8. The van der Waals surface area contributed by atoms with E-state index in [-0.39, 0.29) is 43.6 Å². The minimum Gasteiger partial charge on any atom is -0.381 e. The van der Waals surface area contributed by atoms with Gasteiger partial charge in [0.2, 0.25) is 11.8 Å². The van der Waals surface area contributed by atoms with Gasteiger partial charge in [-0.3, -0.25) is 24.6 Å². The zero-order valence-electron chi connectivity index (χ0n) is 22.5. The highest BCUT2D eigenvalue weighted by atomic mass is 19.1. The summed E-state index contributed by atoms with van der Waals surface area (Å²) in [6, 6.07) is 5.43. The Kier molecular flexibility index (Phi) is 7.17. The minimum atomic E-state index is -1.10. The number of fused-ring (bicyclic) bond motifs is 1. The molecule has 2 aromatic carbocycles. The van der Waals surface area contributed by atoms with E-state index in [4.69, 9.17) is 4.74 Å². The van der Waals surface area contributed by atoms with Gasteiger partial charge in [0, 0.05) is 61.5 Å². The number of benzene rings is 2. The van der Waals surface area contributed by atoms with Gasteiger partial charge in [0.25, 0.3) is 5.91 Å². The van der Waals surface area contributed by atoms with Crippen LogP contribution in [0.5, 0.6) is 0 Å². The number of carbonyl (C=O) groups excluding carboxylic acids is 3. The van der Waals surface area contributed by atoms with Crippen LogP contribution in [0.2, 0.25) is 0 Å². The first-order chi connectivity index (χ1) is 18.1. The van der Waals surface area contributed by atoms with Crippen LogP contribution in [0.25, 0.3) is 0 Å². The maximum Gasteiger partial charge on any atom is 0.254 e. The molecule has 3 amide bonds. The number of imide groups is 1. The Hall–Kier alpha value is -3.04. The fourth-order valence-electron chi connectivity index (χ4n) is 5.81. The number of ether oxygens (including phenoxy) is 1. The summed E-state index contributed by atoms with van der Waals surface area (Å²) >= 11 is 0. The molecule has 38 heavy (non-hydrogen) atoms. The molecule has 2 fully saturated rings. The molecule has 8 nitrogen and oxygen atoms in total. The average Bonchev–Trinajstić information content (AvgIpc) is 3.26. The number of carbonyl (C=O) groups is 3. The van der Waals surface area contributed by atoms with Crippen LogP contribution in [0.15, 0.2) is 18.2 Å². The molecule has 2 aromatic rings. The van der Waals surface area contributed by atoms with Crippen molar-refractivity contribution in [3.63, 3.8) is 0 Å². The lowest BCUT2D eigenvalue weighted by Gasteiger charge is -2.40. The van der Waals surface area contributed by atoms with E-state index in [0.29, 0.717) is 29.8 Å². The van der Waals surface area contributed by atoms with Crippen LogP contribution in [-0.4, -0.2) is 90.6 Å². The average molecular weight is 514 g/mol. The zero-order valence-corrected chi connectivity index (χ0v) is 22.5. The second-order valence-corrected chi connectivity index (χ2v) is 10.8. The summed E-state index contributed by atoms with van der Waals surface area (Å²) in [5.41, 5.74) is 5.26. The largest absolute Gasteiger partial charge is 0.381 e. The van der Waals surface area contributed by atoms with Crippen LogP contribution < -0.4 is 27.0 Å².